The predicted octanol–water partition coefficient (Wildman–Crippen LogP) is 4.84. The number of amides is 1. The van der Waals surface area contributed by atoms with Crippen LogP contribution in [0.5, 0.6) is 0 Å². The van der Waals surface area contributed by atoms with Gasteiger partial charge in [-0.05, 0) is 44.4 Å². The highest BCUT2D eigenvalue weighted by Gasteiger charge is 2.24. The van der Waals surface area contributed by atoms with Crippen LogP contribution in [0, 0.1) is 24.0 Å². The molecule has 1 aliphatic heterocycles. The van der Waals surface area contributed by atoms with Crippen molar-refractivity contribution in [2.45, 2.75) is 26.7 Å². The number of aromatic nitrogens is 3. The lowest BCUT2D eigenvalue weighted by molar-refractivity contribution is -0.384. The summed E-state index contributed by atoms with van der Waals surface area (Å²) in [7, 11) is 0. The van der Waals surface area contributed by atoms with Crippen LogP contribution < -0.4 is 10.2 Å². The number of thiazole rings is 1. The summed E-state index contributed by atoms with van der Waals surface area (Å²) >= 11 is 1.43. The summed E-state index contributed by atoms with van der Waals surface area (Å²) in [6, 6.07) is 10.8. The Labute approximate surface area is 193 Å². The number of anilines is 2. The van der Waals surface area contributed by atoms with Gasteiger partial charge < -0.3 is 4.90 Å². The molecule has 1 amide bonds. The zero-order valence-electron chi connectivity index (χ0n) is 18.2. The lowest BCUT2D eigenvalue weighted by Gasteiger charge is -2.17. The Hall–Kier alpha value is -3.79. The highest BCUT2D eigenvalue weighted by atomic mass is 32.1. The summed E-state index contributed by atoms with van der Waals surface area (Å²) in [5.41, 5.74) is 4.92. The molecule has 10 heteroatoms. The van der Waals surface area contributed by atoms with Gasteiger partial charge in [-0.3, -0.25) is 20.2 Å². The second kappa shape index (κ2) is 8.28. The first kappa shape index (κ1) is 21.1. The molecule has 0 atom stereocenters. The molecule has 1 fully saturated rings. The standard InChI is InChI=1S/C23H22N6O3S/c1-14-5-7-17(15(2)11-14)20-13-33-23-25-22(26-28(20)23)24-21(30)16-6-8-18(19(12-16)29(31)32)27-9-3-4-10-27/h5-8,11-13H,3-4,9-10H2,1-2H3,(H,24,26,30). The van der Waals surface area contributed by atoms with E-state index in [0.29, 0.717) is 10.6 Å². The van der Waals surface area contributed by atoms with Crippen molar-refractivity contribution in [3.63, 3.8) is 0 Å². The van der Waals surface area contributed by atoms with E-state index in [-0.39, 0.29) is 17.2 Å². The molecule has 168 valence electrons. The van der Waals surface area contributed by atoms with Crippen molar-refractivity contribution >= 4 is 39.5 Å². The molecule has 5 rings (SSSR count). The normalized spacial score (nSPS) is 13.6. The summed E-state index contributed by atoms with van der Waals surface area (Å²) < 4.78 is 1.71. The first-order valence-electron chi connectivity index (χ1n) is 10.7. The van der Waals surface area contributed by atoms with Crippen LogP contribution in [0.4, 0.5) is 17.3 Å². The summed E-state index contributed by atoms with van der Waals surface area (Å²) in [4.78, 5) is 31.1. The number of aryl methyl sites for hydroxylation is 2. The minimum Gasteiger partial charge on any atom is -0.366 e. The van der Waals surface area contributed by atoms with Gasteiger partial charge in [-0.15, -0.1) is 16.4 Å². The van der Waals surface area contributed by atoms with Crippen molar-refractivity contribution < 1.29 is 9.72 Å². The molecule has 3 heterocycles. The van der Waals surface area contributed by atoms with Gasteiger partial charge in [0.1, 0.15) is 5.69 Å². The lowest BCUT2D eigenvalue weighted by Crippen LogP contribution is -2.20. The van der Waals surface area contributed by atoms with Crippen LogP contribution in [0.3, 0.4) is 0 Å². The molecule has 0 spiro atoms. The lowest BCUT2D eigenvalue weighted by atomic mass is 10.0. The molecule has 0 radical (unpaired) electrons. The van der Waals surface area contributed by atoms with E-state index in [2.05, 4.69) is 21.5 Å². The largest absolute Gasteiger partial charge is 0.366 e. The SMILES string of the molecule is Cc1ccc(-c2csc3nc(NC(=O)c4ccc(N5CCCC5)c([N+](=O)[O-])c4)nn23)c(C)c1. The van der Waals surface area contributed by atoms with Gasteiger partial charge in [0.05, 0.1) is 10.6 Å². The second-order valence-corrected chi connectivity index (χ2v) is 9.01. The summed E-state index contributed by atoms with van der Waals surface area (Å²) in [5.74, 6) is -0.332. The van der Waals surface area contributed by atoms with E-state index in [9.17, 15) is 14.9 Å². The van der Waals surface area contributed by atoms with Crippen LogP contribution in [0.2, 0.25) is 0 Å². The monoisotopic (exact) mass is 462 g/mol. The van der Waals surface area contributed by atoms with Crippen molar-refractivity contribution in [1.82, 2.24) is 14.6 Å². The Morgan fingerprint density at radius 2 is 1.94 bits per heavy atom. The second-order valence-electron chi connectivity index (χ2n) is 8.18. The van der Waals surface area contributed by atoms with Gasteiger partial charge in [-0.1, -0.05) is 23.8 Å². The fourth-order valence-electron chi connectivity index (χ4n) is 4.23. The minimum absolute atomic E-state index is 0.0690. The molecule has 2 aromatic carbocycles. The number of hydrogen-bond acceptors (Lipinski definition) is 7. The van der Waals surface area contributed by atoms with Crippen molar-refractivity contribution in [2.75, 3.05) is 23.3 Å². The first-order valence-corrected chi connectivity index (χ1v) is 11.6. The molecule has 0 aliphatic carbocycles. The van der Waals surface area contributed by atoms with Gasteiger partial charge in [0, 0.05) is 35.7 Å². The molecular formula is C23H22N6O3S. The quantitative estimate of drug-likeness (QED) is 0.336. The van der Waals surface area contributed by atoms with Crippen LogP contribution in [0.1, 0.15) is 34.3 Å². The van der Waals surface area contributed by atoms with Gasteiger partial charge in [0.15, 0.2) is 0 Å². The molecule has 33 heavy (non-hydrogen) atoms. The van der Waals surface area contributed by atoms with E-state index in [1.165, 1.54) is 23.0 Å². The number of hydrogen-bond donors (Lipinski definition) is 1. The van der Waals surface area contributed by atoms with E-state index in [4.69, 9.17) is 0 Å². The van der Waals surface area contributed by atoms with Gasteiger partial charge in [-0.25, -0.2) is 4.52 Å². The molecule has 0 saturated carbocycles. The van der Waals surface area contributed by atoms with Crippen molar-refractivity contribution in [2.24, 2.45) is 0 Å². The molecular weight excluding hydrogens is 440 g/mol. The number of benzene rings is 2. The predicted molar refractivity (Wildman–Crippen MR) is 128 cm³/mol. The molecule has 1 saturated heterocycles. The average molecular weight is 463 g/mol. The Balaban J connectivity index is 1.42. The fourth-order valence-corrected chi connectivity index (χ4v) is 5.05. The Morgan fingerprint density at radius 1 is 1.15 bits per heavy atom. The van der Waals surface area contributed by atoms with E-state index in [0.717, 1.165) is 42.8 Å². The number of carbonyl (C=O) groups is 1. The van der Waals surface area contributed by atoms with Crippen LogP contribution in [0.25, 0.3) is 16.2 Å². The Kier molecular flexibility index (Phi) is 5.29. The highest BCUT2D eigenvalue weighted by Crippen LogP contribution is 2.32. The van der Waals surface area contributed by atoms with E-state index >= 15 is 0 Å². The molecule has 4 aromatic rings. The first-order chi connectivity index (χ1) is 15.9. The topological polar surface area (TPSA) is 106 Å². The zero-order chi connectivity index (χ0) is 23.1. The van der Waals surface area contributed by atoms with Crippen molar-refractivity contribution in [1.29, 1.82) is 0 Å². The van der Waals surface area contributed by atoms with E-state index in [1.54, 1.807) is 16.6 Å². The number of nitro groups is 1. The van der Waals surface area contributed by atoms with E-state index in [1.807, 2.05) is 36.3 Å². The number of rotatable bonds is 5. The Bertz CT molecular complexity index is 1390. The summed E-state index contributed by atoms with van der Waals surface area (Å²) in [5, 5.41) is 20.8. The third kappa shape index (κ3) is 3.93. The number of nitrogens with zero attached hydrogens (tertiary/aromatic N) is 5. The van der Waals surface area contributed by atoms with Gasteiger partial charge in [-0.2, -0.15) is 4.98 Å². The third-order valence-corrected chi connectivity index (χ3v) is 6.66. The number of carbonyl (C=O) groups excluding carboxylic acids is 1. The van der Waals surface area contributed by atoms with Crippen LogP contribution >= 0.6 is 11.3 Å². The number of fused-ring (bicyclic) bond motifs is 1. The van der Waals surface area contributed by atoms with E-state index < -0.39 is 10.8 Å². The van der Waals surface area contributed by atoms with Crippen LogP contribution in [-0.2, 0) is 0 Å². The maximum atomic E-state index is 12.8. The number of nitrogens with one attached hydrogen (secondary N) is 1. The van der Waals surface area contributed by atoms with Gasteiger partial charge in [0.2, 0.25) is 4.96 Å². The maximum absolute atomic E-state index is 12.8. The van der Waals surface area contributed by atoms with Crippen LogP contribution in [0.15, 0.2) is 41.8 Å². The average Bonchev–Trinajstić information content (AvgIpc) is 3.51. The third-order valence-electron chi connectivity index (χ3n) is 5.85. The van der Waals surface area contributed by atoms with Gasteiger partial charge in [0.25, 0.3) is 17.5 Å². The molecule has 1 aliphatic rings. The Morgan fingerprint density at radius 3 is 2.67 bits per heavy atom. The smallest absolute Gasteiger partial charge is 0.293 e. The zero-order valence-corrected chi connectivity index (χ0v) is 19.1. The molecule has 0 unspecified atom stereocenters. The molecule has 0 bridgehead atoms. The summed E-state index contributed by atoms with van der Waals surface area (Å²) in [6.07, 6.45) is 2.01. The van der Waals surface area contributed by atoms with Gasteiger partial charge >= 0.3 is 0 Å². The fraction of sp³-hybridized carbons (Fsp3) is 0.261. The maximum Gasteiger partial charge on any atom is 0.293 e. The highest BCUT2D eigenvalue weighted by molar-refractivity contribution is 7.15. The minimum atomic E-state index is -0.489. The van der Waals surface area contributed by atoms with Crippen molar-refractivity contribution in [3.8, 4) is 11.3 Å². The molecule has 2 aromatic heterocycles. The number of nitro benzene ring substituents is 1. The molecule has 1 N–H and O–H groups in total. The van der Waals surface area contributed by atoms with Crippen molar-refractivity contribution in [3.05, 3.63) is 68.6 Å². The summed E-state index contributed by atoms with van der Waals surface area (Å²) in [6.45, 7) is 5.66. The van der Waals surface area contributed by atoms with Crippen LogP contribution in [-0.4, -0.2) is 38.5 Å². The molecule has 9 nitrogen and oxygen atoms in total.